The number of carbonyl (C=O) groups excluding carboxylic acids is 1. The average molecular weight is 230 g/mol. The molecule has 0 aliphatic heterocycles. The molecule has 1 aromatic carbocycles. The first-order valence-corrected chi connectivity index (χ1v) is 5.62. The summed E-state index contributed by atoms with van der Waals surface area (Å²) in [6, 6.07) is 9.14. The molecule has 0 bridgehead atoms. The molecule has 1 atom stereocenters. The molecule has 0 aromatic heterocycles. The van der Waals surface area contributed by atoms with Crippen LogP contribution >= 0.6 is 0 Å². The third kappa shape index (κ3) is 3.32. The summed E-state index contributed by atoms with van der Waals surface area (Å²) in [5.41, 5.74) is 1.37. The van der Waals surface area contributed by atoms with Crippen LogP contribution in [0.3, 0.4) is 0 Å². The van der Waals surface area contributed by atoms with E-state index in [4.69, 9.17) is 5.26 Å². The first-order chi connectivity index (χ1) is 7.86. The summed E-state index contributed by atoms with van der Waals surface area (Å²) in [6.45, 7) is 7.42. The van der Waals surface area contributed by atoms with Crippen molar-refractivity contribution < 1.29 is 4.79 Å². The number of carbonyl (C=O) groups is 1. The Morgan fingerprint density at radius 3 is 2.41 bits per heavy atom. The van der Waals surface area contributed by atoms with Gasteiger partial charge < -0.3 is 5.32 Å². The maximum atomic E-state index is 11.9. The molecule has 1 amide bonds. The molecule has 1 N–H and O–H groups in total. The smallest absolute Gasteiger partial charge is 0.226 e. The molecule has 17 heavy (non-hydrogen) atoms. The fourth-order valence-electron chi connectivity index (χ4n) is 1.44. The Hall–Kier alpha value is -1.82. The molecule has 1 rings (SSSR count). The van der Waals surface area contributed by atoms with Crippen molar-refractivity contribution in [1.82, 2.24) is 5.32 Å². The Bertz CT molecular complexity index is 452. The zero-order chi connectivity index (χ0) is 13.1. The highest BCUT2D eigenvalue weighted by atomic mass is 16.2. The van der Waals surface area contributed by atoms with Crippen molar-refractivity contribution in [3.05, 3.63) is 35.4 Å². The van der Waals surface area contributed by atoms with Crippen molar-refractivity contribution in [2.45, 2.75) is 33.7 Å². The van der Waals surface area contributed by atoms with E-state index in [1.54, 1.807) is 0 Å². The topological polar surface area (TPSA) is 52.9 Å². The summed E-state index contributed by atoms with van der Waals surface area (Å²) in [4.78, 5) is 11.9. The molecule has 3 nitrogen and oxygen atoms in total. The number of nitrogens with zero attached hydrogens (tertiary/aromatic N) is 1. The predicted molar refractivity (Wildman–Crippen MR) is 67.1 cm³/mol. The van der Waals surface area contributed by atoms with Gasteiger partial charge in [-0.2, -0.15) is 5.26 Å². The van der Waals surface area contributed by atoms with Crippen molar-refractivity contribution in [3.8, 4) is 6.07 Å². The number of nitriles is 1. The third-order valence-electron chi connectivity index (χ3n) is 2.59. The molecule has 0 aliphatic carbocycles. The van der Waals surface area contributed by atoms with E-state index in [-0.39, 0.29) is 5.91 Å². The fraction of sp³-hybridized carbons (Fsp3) is 0.429. The van der Waals surface area contributed by atoms with E-state index in [0.717, 1.165) is 11.1 Å². The van der Waals surface area contributed by atoms with Crippen LogP contribution in [0.15, 0.2) is 24.3 Å². The van der Waals surface area contributed by atoms with E-state index in [1.165, 1.54) is 0 Å². The molecule has 0 spiro atoms. The zero-order valence-electron chi connectivity index (χ0n) is 10.7. The quantitative estimate of drug-likeness (QED) is 0.849. The Morgan fingerprint density at radius 2 is 1.94 bits per heavy atom. The van der Waals surface area contributed by atoms with E-state index in [0.29, 0.717) is 0 Å². The average Bonchev–Trinajstić information content (AvgIpc) is 2.25. The van der Waals surface area contributed by atoms with Gasteiger partial charge in [0.25, 0.3) is 0 Å². The largest absolute Gasteiger partial charge is 0.336 e. The van der Waals surface area contributed by atoms with Gasteiger partial charge in [0.05, 0.1) is 6.07 Å². The third-order valence-corrected chi connectivity index (χ3v) is 2.59. The van der Waals surface area contributed by atoms with E-state index >= 15 is 0 Å². The fourth-order valence-corrected chi connectivity index (χ4v) is 1.44. The SMILES string of the molecule is Cc1ccccc1C(C#N)NC(=O)C(C)(C)C. The van der Waals surface area contributed by atoms with Crippen LogP contribution in [0.5, 0.6) is 0 Å². The van der Waals surface area contributed by atoms with Crippen molar-refractivity contribution in [2.24, 2.45) is 5.41 Å². The minimum absolute atomic E-state index is 0.118. The van der Waals surface area contributed by atoms with Crippen LogP contribution < -0.4 is 5.32 Å². The Morgan fingerprint density at radius 1 is 1.35 bits per heavy atom. The molecule has 90 valence electrons. The normalized spacial score (nSPS) is 12.6. The van der Waals surface area contributed by atoms with Gasteiger partial charge in [-0.1, -0.05) is 45.0 Å². The molecule has 0 saturated carbocycles. The van der Waals surface area contributed by atoms with Gasteiger partial charge in [0.15, 0.2) is 0 Å². The highest BCUT2D eigenvalue weighted by molar-refractivity contribution is 5.82. The zero-order valence-corrected chi connectivity index (χ0v) is 10.7. The lowest BCUT2D eigenvalue weighted by Gasteiger charge is -2.21. The molecule has 0 heterocycles. The van der Waals surface area contributed by atoms with Gasteiger partial charge in [-0.3, -0.25) is 4.79 Å². The van der Waals surface area contributed by atoms with E-state index in [9.17, 15) is 4.79 Å². The first kappa shape index (κ1) is 13.2. The number of benzene rings is 1. The minimum atomic E-state index is -0.581. The number of hydrogen-bond acceptors (Lipinski definition) is 2. The highest BCUT2D eigenvalue weighted by Gasteiger charge is 2.25. The predicted octanol–water partition coefficient (Wildman–Crippen LogP) is 2.72. The minimum Gasteiger partial charge on any atom is -0.336 e. The van der Waals surface area contributed by atoms with Crippen molar-refractivity contribution in [2.75, 3.05) is 0 Å². The molecule has 1 unspecified atom stereocenters. The number of rotatable bonds is 2. The van der Waals surface area contributed by atoms with Crippen LogP contribution in [-0.4, -0.2) is 5.91 Å². The van der Waals surface area contributed by atoms with Crippen LogP contribution in [0.1, 0.15) is 37.9 Å². The second-order valence-corrected chi connectivity index (χ2v) is 5.14. The summed E-state index contributed by atoms with van der Waals surface area (Å²) in [6.07, 6.45) is 0. The molecule has 1 aromatic rings. The lowest BCUT2D eigenvalue weighted by molar-refractivity contribution is -0.128. The molecular formula is C14H18N2O. The van der Waals surface area contributed by atoms with Gasteiger partial charge in [-0.05, 0) is 18.1 Å². The van der Waals surface area contributed by atoms with Crippen molar-refractivity contribution >= 4 is 5.91 Å². The number of amides is 1. The van der Waals surface area contributed by atoms with E-state index in [2.05, 4.69) is 11.4 Å². The maximum absolute atomic E-state index is 11.9. The molecule has 0 aliphatic rings. The molecule has 0 saturated heterocycles. The van der Waals surface area contributed by atoms with Crippen LogP contribution in [0.25, 0.3) is 0 Å². The Kier molecular flexibility index (Phi) is 3.90. The second kappa shape index (κ2) is 5.01. The number of hydrogen-bond donors (Lipinski definition) is 1. The summed E-state index contributed by atoms with van der Waals surface area (Å²) in [7, 11) is 0. The van der Waals surface area contributed by atoms with Crippen LogP contribution in [-0.2, 0) is 4.79 Å². The monoisotopic (exact) mass is 230 g/mol. The summed E-state index contributed by atoms with van der Waals surface area (Å²) in [5.74, 6) is -0.118. The van der Waals surface area contributed by atoms with E-state index in [1.807, 2.05) is 52.0 Å². The number of aryl methyl sites for hydroxylation is 1. The van der Waals surface area contributed by atoms with Gasteiger partial charge in [0.2, 0.25) is 5.91 Å². The summed E-state index contributed by atoms with van der Waals surface area (Å²) >= 11 is 0. The molecule has 0 radical (unpaired) electrons. The number of nitrogens with one attached hydrogen (secondary N) is 1. The lowest BCUT2D eigenvalue weighted by Crippen LogP contribution is -2.37. The maximum Gasteiger partial charge on any atom is 0.226 e. The Balaban J connectivity index is 2.93. The van der Waals surface area contributed by atoms with Gasteiger partial charge in [-0.25, -0.2) is 0 Å². The standard InChI is InChI=1S/C14H18N2O/c1-10-7-5-6-8-11(10)12(9-15)16-13(17)14(2,3)4/h5-8,12H,1-4H3,(H,16,17). The molecule has 0 fully saturated rings. The van der Waals surface area contributed by atoms with Crippen molar-refractivity contribution in [1.29, 1.82) is 5.26 Å². The molecular weight excluding hydrogens is 212 g/mol. The molecule has 3 heteroatoms. The van der Waals surface area contributed by atoms with Gasteiger partial charge in [-0.15, -0.1) is 0 Å². The van der Waals surface area contributed by atoms with Gasteiger partial charge in [0, 0.05) is 5.41 Å². The first-order valence-electron chi connectivity index (χ1n) is 5.62. The van der Waals surface area contributed by atoms with Crippen LogP contribution in [0.4, 0.5) is 0 Å². The van der Waals surface area contributed by atoms with Gasteiger partial charge >= 0.3 is 0 Å². The van der Waals surface area contributed by atoms with Crippen LogP contribution in [0.2, 0.25) is 0 Å². The lowest BCUT2D eigenvalue weighted by atomic mass is 9.94. The van der Waals surface area contributed by atoms with Gasteiger partial charge in [0.1, 0.15) is 6.04 Å². The summed E-state index contributed by atoms with van der Waals surface area (Å²) in [5, 5.41) is 11.9. The highest BCUT2D eigenvalue weighted by Crippen LogP contribution is 2.20. The Labute approximate surface area is 102 Å². The van der Waals surface area contributed by atoms with Crippen molar-refractivity contribution in [3.63, 3.8) is 0 Å². The summed E-state index contributed by atoms with van der Waals surface area (Å²) < 4.78 is 0. The van der Waals surface area contributed by atoms with Crippen LogP contribution in [0, 0.1) is 23.7 Å². The second-order valence-electron chi connectivity index (χ2n) is 5.14. The van der Waals surface area contributed by atoms with E-state index < -0.39 is 11.5 Å².